The molecule has 3 N–H and O–H groups in total. The van der Waals surface area contributed by atoms with Crippen LogP contribution in [-0.2, 0) is 10.3 Å². The first-order valence-corrected chi connectivity index (χ1v) is 5.29. The van der Waals surface area contributed by atoms with Crippen molar-refractivity contribution in [1.82, 2.24) is 5.32 Å². The smallest absolute Gasteiger partial charge is 0.328 e. The van der Waals surface area contributed by atoms with Crippen LogP contribution in [0.25, 0.3) is 0 Å². The minimum Gasteiger partial charge on any atom is -0.480 e. The summed E-state index contributed by atoms with van der Waals surface area (Å²) < 4.78 is 13.6. The Morgan fingerprint density at radius 1 is 1.53 bits per heavy atom. The van der Waals surface area contributed by atoms with E-state index < -0.39 is 23.4 Å². The number of halogens is 1. The van der Waals surface area contributed by atoms with Crippen molar-refractivity contribution >= 4 is 5.97 Å². The predicted octanol–water partition coefficient (Wildman–Crippen LogP) is 1.10. The molecule has 0 aromatic heterocycles. The van der Waals surface area contributed by atoms with Crippen LogP contribution in [0.2, 0.25) is 0 Å². The third kappa shape index (κ3) is 3.01. The summed E-state index contributed by atoms with van der Waals surface area (Å²) in [5, 5.41) is 21.0. The molecule has 0 spiro atoms. The number of carboxylic acids is 1. The predicted molar refractivity (Wildman–Crippen MR) is 61.1 cm³/mol. The van der Waals surface area contributed by atoms with Gasteiger partial charge in [-0.15, -0.1) is 0 Å². The highest BCUT2D eigenvalue weighted by molar-refractivity contribution is 5.80. The Balaban J connectivity index is 3.08. The Morgan fingerprint density at radius 3 is 2.59 bits per heavy atom. The fourth-order valence-electron chi connectivity index (χ4n) is 1.50. The second-order valence-corrected chi connectivity index (χ2v) is 4.14. The maximum atomic E-state index is 13.6. The van der Waals surface area contributed by atoms with E-state index in [2.05, 4.69) is 5.32 Å². The first-order chi connectivity index (χ1) is 7.88. The minimum atomic E-state index is -1.55. The lowest BCUT2D eigenvalue weighted by atomic mass is 9.91. The standard InChI is InChI=1S/C12H16FNO3/c1-8(15)7-14-12(2,11(16)17)9-5-3-4-6-10(9)13/h3-6,8,14-15H,7H2,1-2H3,(H,16,17). The fourth-order valence-corrected chi connectivity index (χ4v) is 1.50. The lowest BCUT2D eigenvalue weighted by Gasteiger charge is -2.27. The van der Waals surface area contributed by atoms with Crippen molar-refractivity contribution in [3.63, 3.8) is 0 Å². The largest absolute Gasteiger partial charge is 0.480 e. The number of hydrogen-bond donors (Lipinski definition) is 3. The zero-order chi connectivity index (χ0) is 13.1. The Hall–Kier alpha value is -1.46. The monoisotopic (exact) mass is 241 g/mol. The van der Waals surface area contributed by atoms with Crippen molar-refractivity contribution in [3.8, 4) is 0 Å². The molecular weight excluding hydrogens is 225 g/mol. The molecule has 17 heavy (non-hydrogen) atoms. The third-order valence-corrected chi connectivity index (χ3v) is 2.59. The number of carboxylic acid groups (broad SMARTS) is 1. The molecule has 94 valence electrons. The molecule has 0 heterocycles. The molecule has 1 rings (SSSR count). The van der Waals surface area contributed by atoms with Gasteiger partial charge in [0.2, 0.25) is 0 Å². The van der Waals surface area contributed by atoms with E-state index in [1.807, 2.05) is 0 Å². The van der Waals surface area contributed by atoms with E-state index >= 15 is 0 Å². The van der Waals surface area contributed by atoms with Gasteiger partial charge in [-0.25, -0.2) is 9.18 Å². The molecule has 0 fully saturated rings. The second-order valence-electron chi connectivity index (χ2n) is 4.14. The Morgan fingerprint density at radius 2 is 2.12 bits per heavy atom. The van der Waals surface area contributed by atoms with Crippen molar-refractivity contribution in [2.24, 2.45) is 0 Å². The Bertz CT molecular complexity index is 408. The van der Waals surface area contributed by atoms with Crippen LogP contribution in [0.4, 0.5) is 4.39 Å². The molecule has 0 radical (unpaired) electrons. The first kappa shape index (κ1) is 13.6. The fraction of sp³-hybridized carbons (Fsp3) is 0.417. The van der Waals surface area contributed by atoms with Gasteiger partial charge in [0.1, 0.15) is 11.4 Å². The molecule has 0 saturated heterocycles. The third-order valence-electron chi connectivity index (χ3n) is 2.59. The zero-order valence-electron chi connectivity index (χ0n) is 9.77. The van der Waals surface area contributed by atoms with Crippen LogP contribution in [-0.4, -0.2) is 28.8 Å². The SMILES string of the molecule is CC(O)CNC(C)(C(=O)O)c1ccccc1F. The van der Waals surface area contributed by atoms with Gasteiger partial charge in [-0.05, 0) is 19.9 Å². The van der Waals surface area contributed by atoms with Gasteiger partial charge in [-0.1, -0.05) is 18.2 Å². The van der Waals surface area contributed by atoms with Gasteiger partial charge in [-0.2, -0.15) is 0 Å². The molecule has 2 unspecified atom stereocenters. The van der Waals surface area contributed by atoms with Crippen LogP contribution < -0.4 is 5.32 Å². The van der Waals surface area contributed by atoms with Crippen LogP contribution in [0.5, 0.6) is 0 Å². The average Bonchev–Trinajstić information content (AvgIpc) is 2.26. The van der Waals surface area contributed by atoms with E-state index in [0.717, 1.165) is 0 Å². The molecule has 5 heteroatoms. The summed E-state index contributed by atoms with van der Waals surface area (Å²) in [6.45, 7) is 2.96. The normalized spacial score (nSPS) is 16.2. The van der Waals surface area contributed by atoms with Crippen LogP contribution >= 0.6 is 0 Å². The van der Waals surface area contributed by atoms with Crippen LogP contribution in [0.3, 0.4) is 0 Å². The highest BCUT2D eigenvalue weighted by Gasteiger charge is 2.37. The highest BCUT2D eigenvalue weighted by Crippen LogP contribution is 2.23. The van der Waals surface area contributed by atoms with E-state index in [1.165, 1.54) is 32.0 Å². The van der Waals surface area contributed by atoms with Crippen molar-refractivity contribution in [2.45, 2.75) is 25.5 Å². The van der Waals surface area contributed by atoms with Gasteiger partial charge in [0, 0.05) is 12.1 Å². The summed E-state index contributed by atoms with van der Waals surface area (Å²) >= 11 is 0. The number of hydrogen-bond acceptors (Lipinski definition) is 3. The minimum absolute atomic E-state index is 0.0492. The van der Waals surface area contributed by atoms with Gasteiger partial charge in [0.25, 0.3) is 0 Å². The van der Waals surface area contributed by atoms with E-state index in [0.29, 0.717) is 0 Å². The van der Waals surface area contributed by atoms with Crippen molar-refractivity contribution in [3.05, 3.63) is 35.6 Å². The molecule has 0 bridgehead atoms. The second kappa shape index (κ2) is 5.25. The number of aliphatic hydroxyl groups is 1. The van der Waals surface area contributed by atoms with Crippen molar-refractivity contribution in [2.75, 3.05) is 6.54 Å². The van der Waals surface area contributed by atoms with Gasteiger partial charge in [0.15, 0.2) is 0 Å². The van der Waals surface area contributed by atoms with Gasteiger partial charge >= 0.3 is 5.97 Å². The molecule has 4 nitrogen and oxygen atoms in total. The Kier molecular flexibility index (Phi) is 4.20. The average molecular weight is 241 g/mol. The maximum Gasteiger partial charge on any atom is 0.328 e. The number of carbonyl (C=O) groups is 1. The first-order valence-electron chi connectivity index (χ1n) is 5.29. The van der Waals surface area contributed by atoms with Crippen LogP contribution in [0, 0.1) is 5.82 Å². The van der Waals surface area contributed by atoms with E-state index in [4.69, 9.17) is 5.11 Å². The number of rotatable bonds is 5. The molecular formula is C12H16FNO3. The lowest BCUT2D eigenvalue weighted by molar-refractivity contribution is -0.144. The summed E-state index contributed by atoms with van der Waals surface area (Å²) in [4.78, 5) is 11.3. The number of benzene rings is 1. The molecule has 0 aliphatic heterocycles. The lowest BCUT2D eigenvalue weighted by Crippen LogP contribution is -2.49. The number of nitrogens with one attached hydrogen (secondary N) is 1. The maximum absolute atomic E-state index is 13.6. The summed E-state index contributed by atoms with van der Waals surface area (Å²) in [5.41, 5.74) is -1.50. The topological polar surface area (TPSA) is 69.6 Å². The van der Waals surface area contributed by atoms with Crippen molar-refractivity contribution in [1.29, 1.82) is 0 Å². The summed E-state index contributed by atoms with van der Waals surface area (Å²) in [5.74, 6) is -1.78. The zero-order valence-corrected chi connectivity index (χ0v) is 9.77. The molecule has 1 aromatic carbocycles. The molecule has 2 atom stereocenters. The Labute approximate surface area is 99.1 Å². The van der Waals surface area contributed by atoms with Crippen LogP contribution in [0.15, 0.2) is 24.3 Å². The molecule has 0 amide bonds. The molecule has 1 aromatic rings. The summed E-state index contributed by atoms with van der Waals surface area (Å²) in [6.07, 6.45) is -0.708. The molecule has 0 saturated carbocycles. The van der Waals surface area contributed by atoms with E-state index in [9.17, 15) is 14.3 Å². The quantitative estimate of drug-likeness (QED) is 0.722. The summed E-state index contributed by atoms with van der Waals surface area (Å²) in [6, 6.07) is 5.69. The summed E-state index contributed by atoms with van der Waals surface area (Å²) in [7, 11) is 0. The van der Waals surface area contributed by atoms with E-state index in [-0.39, 0.29) is 12.1 Å². The van der Waals surface area contributed by atoms with Gasteiger partial charge in [0.05, 0.1) is 6.10 Å². The molecule has 0 aliphatic carbocycles. The van der Waals surface area contributed by atoms with Crippen molar-refractivity contribution < 1.29 is 19.4 Å². The van der Waals surface area contributed by atoms with Crippen LogP contribution in [0.1, 0.15) is 19.4 Å². The highest BCUT2D eigenvalue weighted by atomic mass is 19.1. The number of aliphatic carboxylic acids is 1. The number of aliphatic hydroxyl groups excluding tert-OH is 1. The van der Waals surface area contributed by atoms with E-state index in [1.54, 1.807) is 6.07 Å². The molecule has 0 aliphatic rings. The van der Waals surface area contributed by atoms with Gasteiger partial charge < -0.3 is 10.2 Å². The van der Waals surface area contributed by atoms with Gasteiger partial charge in [-0.3, -0.25) is 5.32 Å².